The minimum absolute atomic E-state index is 0. The number of rotatable bonds is 21. The Morgan fingerprint density at radius 3 is 1.07 bits per heavy atom. The molecule has 4 nitrogen and oxygen atoms in total. The molecule has 0 rings (SSSR count). The van der Waals surface area contributed by atoms with Gasteiger partial charge < -0.3 is 6.15 Å². The Balaban J connectivity index is 0. The van der Waals surface area contributed by atoms with Crippen LogP contribution in [0.25, 0.3) is 0 Å². The third-order valence-corrected chi connectivity index (χ3v) is 7.10. The predicted octanol–water partition coefficient (Wildman–Crippen LogP) is 8.54. The van der Waals surface area contributed by atoms with Crippen molar-refractivity contribution in [1.29, 1.82) is 0 Å². The topological polar surface area (TPSA) is 89.4 Å². The van der Waals surface area contributed by atoms with Gasteiger partial charge in [0.05, 0.1) is 0 Å². The molecule has 0 aromatic rings. The van der Waals surface area contributed by atoms with E-state index in [4.69, 9.17) is 0 Å². The van der Waals surface area contributed by atoms with Crippen molar-refractivity contribution in [3.63, 3.8) is 0 Å². The lowest BCUT2D eigenvalue weighted by molar-refractivity contribution is 0.203. The van der Waals surface area contributed by atoms with Crippen LogP contribution in [-0.2, 0) is 10.1 Å². The molecule has 0 heterocycles. The molecule has 0 aromatic carbocycles. The van der Waals surface area contributed by atoms with Crippen LogP contribution in [0.1, 0.15) is 142 Å². The molecule has 6 heteroatoms. The van der Waals surface area contributed by atoms with Crippen molar-refractivity contribution >= 4 is 10.1 Å². The minimum atomic E-state index is -4.64. The molecule has 1 unspecified atom stereocenters. The third-order valence-electron chi connectivity index (χ3n) is 5.77. The summed E-state index contributed by atoms with van der Waals surface area (Å²) in [4.78, 5) is 0. The Hall–Kier alpha value is -0.200. The molecular weight excluding hydrogens is 389 g/mol. The fraction of sp³-hybridized carbons (Fsp3) is 1.00. The first kappa shape index (κ1) is 31.0. The number of hydrogen-bond acceptors (Lipinski definition) is 3. The monoisotopic (exact) mass is 439 g/mol. The second-order valence-corrected chi connectivity index (χ2v) is 10.2. The Morgan fingerprint density at radius 1 is 0.586 bits per heavy atom. The lowest BCUT2D eigenvalue weighted by Gasteiger charge is -2.22. The number of hydrogen-bond donors (Lipinski definition) is 2. The molecule has 0 aromatic heterocycles. The molecule has 29 heavy (non-hydrogen) atoms. The molecule has 0 aliphatic heterocycles. The highest BCUT2D eigenvalue weighted by molar-refractivity contribution is 7.87. The largest absolute Gasteiger partial charge is 0.344 e. The van der Waals surface area contributed by atoms with Gasteiger partial charge in [0.15, 0.2) is 0 Å². The van der Waals surface area contributed by atoms with Crippen LogP contribution in [-0.4, -0.2) is 18.0 Å². The van der Waals surface area contributed by atoms with Gasteiger partial charge in [-0.1, -0.05) is 117 Å². The average molecular weight is 440 g/mol. The van der Waals surface area contributed by atoms with E-state index in [1.54, 1.807) is 0 Å². The summed E-state index contributed by atoms with van der Waals surface area (Å²) in [6.45, 7) is 4.37. The maximum Gasteiger partial charge on any atom is 0.300 e. The zero-order chi connectivity index (χ0) is 21.1. The average Bonchev–Trinajstić information content (AvgIpc) is 2.64. The highest BCUT2D eigenvalue weighted by atomic mass is 32.2. The number of halogens is 1. The normalized spacial score (nSPS) is 13.8. The van der Waals surface area contributed by atoms with Crippen LogP contribution in [0.15, 0.2) is 0 Å². The van der Waals surface area contributed by atoms with Crippen LogP contribution in [0.4, 0.5) is 4.39 Å². The second-order valence-electron chi connectivity index (χ2n) is 8.52. The Labute approximate surface area is 181 Å². The quantitative estimate of drug-likeness (QED) is 0.138. The van der Waals surface area contributed by atoms with Gasteiger partial charge in [-0.15, -0.1) is 0 Å². The summed E-state index contributed by atoms with van der Waals surface area (Å²) in [5.41, 5.74) is 0. The zero-order valence-electron chi connectivity index (χ0n) is 19.4. The van der Waals surface area contributed by atoms with Gasteiger partial charge in [-0.2, -0.15) is 8.42 Å². The SMILES string of the molecule is CCCCCCCCCCCCCCC(F)(CCCCCCCC)S(=O)(=O)O.N. The van der Waals surface area contributed by atoms with Crippen LogP contribution in [0.2, 0.25) is 0 Å². The Morgan fingerprint density at radius 2 is 0.828 bits per heavy atom. The van der Waals surface area contributed by atoms with Gasteiger partial charge in [0.25, 0.3) is 10.1 Å². The molecule has 0 aliphatic carbocycles. The van der Waals surface area contributed by atoms with E-state index in [0.717, 1.165) is 51.4 Å². The fourth-order valence-corrected chi connectivity index (χ4v) is 4.59. The first-order valence-electron chi connectivity index (χ1n) is 12.0. The van der Waals surface area contributed by atoms with Crippen molar-refractivity contribution in [1.82, 2.24) is 6.15 Å². The smallest absolute Gasteiger partial charge is 0.300 e. The summed E-state index contributed by atoms with van der Waals surface area (Å²) >= 11 is 0. The Kier molecular flexibility index (Phi) is 21.1. The summed E-state index contributed by atoms with van der Waals surface area (Å²) < 4.78 is 47.3. The summed E-state index contributed by atoms with van der Waals surface area (Å²) in [5, 5.41) is -2.45. The van der Waals surface area contributed by atoms with Crippen LogP contribution in [0.3, 0.4) is 0 Å². The van der Waals surface area contributed by atoms with Crippen molar-refractivity contribution < 1.29 is 17.4 Å². The lowest BCUT2D eigenvalue weighted by atomic mass is 10.0. The predicted molar refractivity (Wildman–Crippen MR) is 124 cm³/mol. The van der Waals surface area contributed by atoms with E-state index in [1.165, 1.54) is 51.4 Å². The van der Waals surface area contributed by atoms with Crippen molar-refractivity contribution in [2.75, 3.05) is 0 Å². The third kappa shape index (κ3) is 17.2. The van der Waals surface area contributed by atoms with E-state index in [1.807, 2.05) is 0 Å². The van der Waals surface area contributed by atoms with Crippen LogP contribution in [0.5, 0.6) is 0 Å². The van der Waals surface area contributed by atoms with E-state index < -0.39 is 15.1 Å². The molecule has 0 saturated heterocycles. The van der Waals surface area contributed by atoms with Crippen molar-refractivity contribution in [3.8, 4) is 0 Å². The van der Waals surface area contributed by atoms with Gasteiger partial charge in [-0.3, -0.25) is 4.55 Å². The number of unbranched alkanes of at least 4 members (excludes halogenated alkanes) is 16. The van der Waals surface area contributed by atoms with E-state index in [0.29, 0.717) is 12.8 Å². The first-order valence-corrected chi connectivity index (χ1v) is 13.5. The standard InChI is InChI=1S/C23H47FO3S.H3N/c1-3-5-7-9-11-12-13-14-15-16-18-20-22-23(24,28(25,26)27)21-19-17-10-8-6-4-2;/h3-22H2,1-2H3,(H,25,26,27);1H3. The molecule has 4 N–H and O–H groups in total. The molecular formula is C23H50FNO3S. The summed E-state index contributed by atoms with van der Waals surface area (Å²) in [6, 6.07) is 0. The van der Waals surface area contributed by atoms with Crippen LogP contribution < -0.4 is 6.15 Å². The van der Waals surface area contributed by atoms with Crippen LogP contribution in [0, 0.1) is 0 Å². The maximum atomic E-state index is 14.8. The van der Waals surface area contributed by atoms with Gasteiger partial charge in [0, 0.05) is 0 Å². The van der Waals surface area contributed by atoms with Gasteiger partial charge in [-0.05, 0) is 25.7 Å². The van der Waals surface area contributed by atoms with E-state index in [2.05, 4.69) is 13.8 Å². The summed E-state index contributed by atoms with van der Waals surface area (Å²) in [7, 11) is -4.64. The molecule has 178 valence electrons. The van der Waals surface area contributed by atoms with Gasteiger partial charge in [-0.25, -0.2) is 4.39 Å². The highest BCUT2D eigenvalue weighted by Gasteiger charge is 2.42. The molecule has 0 saturated carbocycles. The van der Waals surface area contributed by atoms with Crippen molar-refractivity contribution in [3.05, 3.63) is 0 Å². The zero-order valence-corrected chi connectivity index (χ0v) is 20.2. The molecule has 1 atom stereocenters. The van der Waals surface area contributed by atoms with Gasteiger partial charge in [0.1, 0.15) is 0 Å². The van der Waals surface area contributed by atoms with Gasteiger partial charge in [0.2, 0.25) is 5.00 Å². The summed E-state index contributed by atoms with van der Waals surface area (Å²) in [5.74, 6) is 0. The first-order chi connectivity index (χ1) is 13.4. The summed E-state index contributed by atoms with van der Waals surface area (Å²) in [6.07, 6.45) is 19.6. The number of alkyl halides is 1. The minimum Gasteiger partial charge on any atom is -0.344 e. The van der Waals surface area contributed by atoms with Crippen molar-refractivity contribution in [2.24, 2.45) is 0 Å². The lowest BCUT2D eigenvalue weighted by Crippen LogP contribution is -2.33. The Bertz CT molecular complexity index is 445. The van der Waals surface area contributed by atoms with E-state index >= 15 is 0 Å². The molecule has 0 fully saturated rings. The molecule has 0 radical (unpaired) electrons. The molecule has 0 amide bonds. The van der Waals surface area contributed by atoms with Crippen molar-refractivity contribution in [2.45, 2.75) is 147 Å². The maximum absolute atomic E-state index is 14.8. The fourth-order valence-electron chi connectivity index (χ4n) is 3.78. The van der Waals surface area contributed by atoms with E-state index in [9.17, 15) is 17.4 Å². The second kappa shape index (κ2) is 19.7. The highest BCUT2D eigenvalue weighted by Crippen LogP contribution is 2.32. The van der Waals surface area contributed by atoms with Gasteiger partial charge >= 0.3 is 0 Å². The van der Waals surface area contributed by atoms with E-state index in [-0.39, 0.29) is 19.0 Å². The molecule has 0 bridgehead atoms. The van der Waals surface area contributed by atoms with Crippen LogP contribution >= 0.6 is 0 Å². The molecule has 0 spiro atoms. The molecule has 0 aliphatic rings.